The standard InChI is InChI=1S/C21H23F3N2O4S/c1-25(15-16-6-3-2-4-7-16)20(27)17-10-12-26(13-11-17)31(28,29)19-9-5-8-18(14-19)30-21(22,23)24/h2-9,14,17H,10-13,15H2,1H3. The highest BCUT2D eigenvalue weighted by atomic mass is 32.2. The zero-order chi connectivity index (χ0) is 22.6. The van der Waals surface area contributed by atoms with Gasteiger partial charge < -0.3 is 9.64 Å². The fourth-order valence-electron chi connectivity index (χ4n) is 3.57. The lowest BCUT2D eigenvalue weighted by Crippen LogP contribution is -2.43. The summed E-state index contributed by atoms with van der Waals surface area (Å²) in [5.41, 5.74) is 0.999. The Hall–Kier alpha value is -2.59. The topological polar surface area (TPSA) is 66.9 Å². The lowest BCUT2D eigenvalue weighted by atomic mass is 9.96. The molecule has 168 valence electrons. The van der Waals surface area contributed by atoms with Crippen molar-refractivity contribution >= 4 is 15.9 Å². The second-order valence-corrected chi connectivity index (χ2v) is 9.32. The minimum atomic E-state index is -4.91. The zero-order valence-electron chi connectivity index (χ0n) is 16.9. The van der Waals surface area contributed by atoms with Gasteiger partial charge in [0.25, 0.3) is 0 Å². The van der Waals surface area contributed by atoms with Gasteiger partial charge >= 0.3 is 6.36 Å². The summed E-state index contributed by atoms with van der Waals surface area (Å²) in [7, 11) is -2.28. The average Bonchev–Trinajstić information content (AvgIpc) is 2.73. The Morgan fingerprint density at radius 1 is 1.10 bits per heavy atom. The number of piperidine rings is 1. The number of amides is 1. The summed E-state index contributed by atoms with van der Waals surface area (Å²) < 4.78 is 68.0. The SMILES string of the molecule is CN(Cc1ccccc1)C(=O)C1CCN(S(=O)(=O)c2cccc(OC(F)(F)F)c2)CC1. The molecule has 0 N–H and O–H groups in total. The van der Waals surface area contributed by atoms with E-state index < -0.39 is 22.1 Å². The first-order valence-electron chi connectivity index (χ1n) is 9.71. The van der Waals surface area contributed by atoms with Crippen LogP contribution >= 0.6 is 0 Å². The van der Waals surface area contributed by atoms with Crippen molar-refractivity contribution in [3.63, 3.8) is 0 Å². The molecule has 1 saturated heterocycles. The highest BCUT2D eigenvalue weighted by molar-refractivity contribution is 7.89. The third-order valence-corrected chi connectivity index (χ3v) is 7.01. The third kappa shape index (κ3) is 5.98. The normalized spacial score (nSPS) is 16.1. The molecule has 10 heteroatoms. The molecule has 1 amide bonds. The van der Waals surface area contributed by atoms with Gasteiger partial charge in [-0.15, -0.1) is 13.2 Å². The molecule has 1 fully saturated rings. The van der Waals surface area contributed by atoms with Crippen LogP contribution in [0.1, 0.15) is 18.4 Å². The van der Waals surface area contributed by atoms with Crippen molar-refractivity contribution < 1.29 is 31.1 Å². The predicted molar refractivity (Wildman–Crippen MR) is 108 cm³/mol. The molecule has 2 aromatic rings. The first-order valence-corrected chi connectivity index (χ1v) is 11.1. The molecule has 1 aliphatic heterocycles. The molecule has 0 radical (unpaired) electrons. The summed E-state index contributed by atoms with van der Waals surface area (Å²) in [6, 6.07) is 13.9. The lowest BCUT2D eigenvalue weighted by molar-refractivity contribution is -0.274. The van der Waals surface area contributed by atoms with Crippen molar-refractivity contribution in [1.82, 2.24) is 9.21 Å². The Labute approximate surface area is 179 Å². The number of carbonyl (C=O) groups excluding carboxylic acids is 1. The Morgan fingerprint density at radius 3 is 2.35 bits per heavy atom. The second kappa shape index (κ2) is 9.27. The van der Waals surface area contributed by atoms with Crippen LogP contribution in [0.2, 0.25) is 0 Å². The van der Waals surface area contributed by atoms with Crippen molar-refractivity contribution in [2.45, 2.75) is 30.6 Å². The summed E-state index contributed by atoms with van der Waals surface area (Å²) in [5.74, 6) is -0.956. The Bertz CT molecular complexity index is 1000. The van der Waals surface area contributed by atoms with Gasteiger partial charge in [0.2, 0.25) is 15.9 Å². The smallest absolute Gasteiger partial charge is 0.406 e. The van der Waals surface area contributed by atoms with E-state index in [2.05, 4.69) is 4.74 Å². The second-order valence-electron chi connectivity index (χ2n) is 7.38. The van der Waals surface area contributed by atoms with E-state index in [1.54, 1.807) is 11.9 Å². The van der Waals surface area contributed by atoms with Gasteiger partial charge in [-0.05, 0) is 30.5 Å². The number of alkyl halides is 3. The van der Waals surface area contributed by atoms with Crippen LogP contribution in [0.25, 0.3) is 0 Å². The van der Waals surface area contributed by atoms with E-state index in [0.29, 0.717) is 19.4 Å². The molecule has 0 unspecified atom stereocenters. The molecule has 0 atom stereocenters. The molecule has 0 bridgehead atoms. The van der Waals surface area contributed by atoms with E-state index in [1.165, 1.54) is 16.4 Å². The summed E-state index contributed by atoms with van der Waals surface area (Å²) in [4.78, 5) is 14.1. The number of halogens is 3. The minimum absolute atomic E-state index is 0.0542. The van der Waals surface area contributed by atoms with E-state index in [9.17, 15) is 26.4 Å². The fraction of sp³-hybridized carbons (Fsp3) is 0.381. The maximum absolute atomic E-state index is 12.9. The average molecular weight is 456 g/mol. The zero-order valence-corrected chi connectivity index (χ0v) is 17.7. The molecule has 31 heavy (non-hydrogen) atoms. The first-order chi connectivity index (χ1) is 14.6. The molecule has 0 aromatic heterocycles. The van der Waals surface area contributed by atoms with Crippen LogP contribution in [0, 0.1) is 5.92 Å². The van der Waals surface area contributed by atoms with Crippen LogP contribution in [0.3, 0.4) is 0 Å². The van der Waals surface area contributed by atoms with Gasteiger partial charge in [0.1, 0.15) is 5.75 Å². The largest absolute Gasteiger partial charge is 0.573 e. The van der Waals surface area contributed by atoms with Gasteiger partial charge in [-0.1, -0.05) is 36.4 Å². The fourth-order valence-corrected chi connectivity index (χ4v) is 5.08. The quantitative estimate of drug-likeness (QED) is 0.666. The number of sulfonamides is 1. The van der Waals surface area contributed by atoms with Gasteiger partial charge in [-0.2, -0.15) is 4.31 Å². The van der Waals surface area contributed by atoms with Crippen molar-refractivity contribution in [3.8, 4) is 5.75 Å². The van der Waals surface area contributed by atoms with Crippen molar-refractivity contribution in [3.05, 3.63) is 60.2 Å². The molecular formula is C21H23F3N2O4S. The number of rotatable bonds is 6. The molecule has 2 aromatic carbocycles. The molecule has 1 aliphatic rings. The van der Waals surface area contributed by atoms with Crippen LogP contribution < -0.4 is 4.74 Å². The number of nitrogens with zero attached hydrogens (tertiary/aromatic N) is 2. The maximum atomic E-state index is 12.9. The van der Waals surface area contributed by atoms with Gasteiger partial charge in [0.15, 0.2) is 0 Å². The molecule has 6 nitrogen and oxygen atoms in total. The number of hydrogen-bond donors (Lipinski definition) is 0. The van der Waals surface area contributed by atoms with E-state index in [0.717, 1.165) is 17.7 Å². The van der Waals surface area contributed by atoms with Crippen LogP contribution in [-0.4, -0.2) is 50.0 Å². The van der Waals surface area contributed by atoms with Gasteiger partial charge in [-0.3, -0.25) is 4.79 Å². The molecule has 0 aliphatic carbocycles. The Kier molecular flexibility index (Phi) is 6.90. The van der Waals surface area contributed by atoms with Gasteiger partial charge in [0, 0.05) is 38.7 Å². The molecule has 0 spiro atoms. The monoisotopic (exact) mass is 456 g/mol. The van der Waals surface area contributed by atoms with E-state index >= 15 is 0 Å². The van der Waals surface area contributed by atoms with Gasteiger partial charge in [-0.25, -0.2) is 8.42 Å². The number of ether oxygens (including phenoxy) is 1. The molecule has 3 rings (SSSR count). The van der Waals surface area contributed by atoms with E-state index in [1.807, 2.05) is 30.3 Å². The molecular weight excluding hydrogens is 433 g/mol. The number of carbonyl (C=O) groups is 1. The maximum Gasteiger partial charge on any atom is 0.573 e. The minimum Gasteiger partial charge on any atom is -0.406 e. The first kappa shape index (κ1) is 23.1. The number of benzene rings is 2. The van der Waals surface area contributed by atoms with Gasteiger partial charge in [0.05, 0.1) is 4.90 Å². The third-order valence-electron chi connectivity index (χ3n) is 5.12. The van der Waals surface area contributed by atoms with E-state index in [-0.39, 0.29) is 29.8 Å². The van der Waals surface area contributed by atoms with Crippen LogP contribution in [-0.2, 0) is 21.4 Å². The summed E-state index contributed by atoms with van der Waals surface area (Å²) >= 11 is 0. The van der Waals surface area contributed by atoms with Crippen LogP contribution in [0.15, 0.2) is 59.5 Å². The van der Waals surface area contributed by atoms with Crippen molar-refractivity contribution in [2.24, 2.45) is 5.92 Å². The molecule has 1 heterocycles. The van der Waals surface area contributed by atoms with Crippen LogP contribution in [0.5, 0.6) is 5.75 Å². The van der Waals surface area contributed by atoms with Crippen molar-refractivity contribution in [1.29, 1.82) is 0 Å². The van der Waals surface area contributed by atoms with E-state index in [4.69, 9.17) is 0 Å². The van der Waals surface area contributed by atoms with Crippen LogP contribution in [0.4, 0.5) is 13.2 Å². The lowest BCUT2D eigenvalue weighted by Gasteiger charge is -2.32. The van der Waals surface area contributed by atoms with Crippen molar-refractivity contribution in [2.75, 3.05) is 20.1 Å². The number of hydrogen-bond acceptors (Lipinski definition) is 4. The Balaban J connectivity index is 1.62. The predicted octanol–water partition coefficient (Wildman–Crippen LogP) is 3.64. The summed E-state index contributed by atoms with van der Waals surface area (Å²) in [6.45, 7) is 0.689. The highest BCUT2D eigenvalue weighted by Gasteiger charge is 2.34. The summed E-state index contributed by atoms with van der Waals surface area (Å²) in [5, 5.41) is 0. The summed E-state index contributed by atoms with van der Waals surface area (Å²) in [6.07, 6.45) is -4.22. The molecule has 0 saturated carbocycles. The Morgan fingerprint density at radius 2 is 1.74 bits per heavy atom. The highest BCUT2D eigenvalue weighted by Crippen LogP contribution is 2.29.